The van der Waals surface area contributed by atoms with E-state index in [0.717, 1.165) is 23.4 Å². The Morgan fingerprint density at radius 3 is 3.00 bits per heavy atom. The minimum atomic E-state index is -0.111. The van der Waals surface area contributed by atoms with Crippen LogP contribution in [0.4, 0.5) is 0 Å². The molecular weight excluding hydrogens is 242 g/mol. The largest absolute Gasteiger partial charge is 0.496 e. The third-order valence-electron chi connectivity index (χ3n) is 3.58. The monoisotopic (exact) mass is 263 g/mol. The quantitative estimate of drug-likeness (QED) is 0.829. The summed E-state index contributed by atoms with van der Waals surface area (Å²) in [5.74, 6) is 0.926. The van der Waals surface area contributed by atoms with Crippen LogP contribution in [0.15, 0.2) is 18.2 Å². The van der Waals surface area contributed by atoms with Gasteiger partial charge in [0.15, 0.2) is 0 Å². The van der Waals surface area contributed by atoms with Crippen LogP contribution in [-0.2, 0) is 17.9 Å². The molecule has 19 heavy (non-hydrogen) atoms. The number of nitrogens with one attached hydrogen (secondary N) is 1. The predicted molar refractivity (Wildman–Crippen MR) is 73.8 cm³/mol. The number of ether oxygens (including phenoxy) is 1. The summed E-state index contributed by atoms with van der Waals surface area (Å²) in [5.41, 5.74) is 7.82. The van der Waals surface area contributed by atoms with Gasteiger partial charge in [0.1, 0.15) is 5.75 Å². The van der Waals surface area contributed by atoms with E-state index in [1.54, 1.807) is 7.11 Å². The minimum Gasteiger partial charge on any atom is -0.496 e. The van der Waals surface area contributed by atoms with Gasteiger partial charge in [-0.3, -0.25) is 9.69 Å². The molecule has 1 atom stereocenters. The lowest BCUT2D eigenvalue weighted by Gasteiger charge is -2.33. The second kappa shape index (κ2) is 6.04. The van der Waals surface area contributed by atoms with E-state index in [2.05, 4.69) is 16.3 Å². The molecule has 104 valence electrons. The molecule has 1 heterocycles. The highest BCUT2D eigenvalue weighted by Gasteiger charge is 2.25. The van der Waals surface area contributed by atoms with Gasteiger partial charge in [0, 0.05) is 31.7 Å². The SMILES string of the molecule is COc1ccc(CN)cc1CN1CCNC(=O)C1C. The van der Waals surface area contributed by atoms with Crippen molar-refractivity contribution in [2.75, 3.05) is 20.2 Å². The zero-order valence-electron chi connectivity index (χ0n) is 11.5. The van der Waals surface area contributed by atoms with Crippen molar-refractivity contribution >= 4 is 5.91 Å². The Hall–Kier alpha value is -1.59. The molecule has 1 aliphatic rings. The van der Waals surface area contributed by atoms with E-state index < -0.39 is 0 Å². The Kier molecular flexibility index (Phi) is 4.39. The van der Waals surface area contributed by atoms with Gasteiger partial charge in [-0.15, -0.1) is 0 Å². The van der Waals surface area contributed by atoms with Crippen LogP contribution in [0.25, 0.3) is 0 Å². The van der Waals surface area contributed by atoms with Crippen LogP contribution in [0.2, 0.25) is 0 Å². The molecule has 1 amide bonds. The first-order valence-electron chi connectivity index (χ1n) is 6.53. The number of piperazine rings is 1. The normalized spacial score (nSPS) is 20.2. The fourth-order valence-electron chi connectivity index (χ4n) is 2.35. The maximum absolute atomic E-state index is 11.7. The van der Waals surface area contributed by atoms with Crippen LogP contribution in [-0.4, -0.2) is 37.0 Å². The van der Waals surface area contributed by atoms with Crippen LogP contribution in [0, 0.1) is 0 Å². The molecule has 2 rings (SSSR count). The Balaban J connectivity index is 2.19. The predicted octanol–water partition coefficient (Wildman–Crippen LogP) is 0.474. The molecule has 3 N–H and O–H groups in total. The summed E-state index contributed by atoms with van der Waals surface area (Å²) >= 11 is 0. The van der Waals surface area contributed by atoms with Crippen molar-refractivity contribution in [2.24, 2.45) is 5.73 Å². The van der Waals surface area contributed by atoms with Gasteiger partial charge in [-0.05, 0) is 24.6 Å². The van der Waals surface area contributed by atoms with E-state index in [1.165, 1.54) is 0 Å². The lowest BCUT2D eigenvalue weighted by molar-refractivity contribution is -0.128. The zero-order chi connectivity index (χ0) is 13.8. The fraction of sp³-hybridized carbons (Fsp3) is 0.500. The summed E-state index contributed by atoms with van der Waals surface area (Å²) < 4.78 is 5.38. The molecular formula is C14H21N3O2. The Labute approximate surface area is 113 Å². The lowest BCUT2D eigenvalue weighted by atomic mass is 10.1. The summed E-state index contributed by atoms with van der Waals surface area (Å²) in [4.78, 5) is 13.8. The summed E-state index contributed by atoms with van der Waals surface area (Å²) in [5, 5.41) is 2.87. The maximum atomic E-state index is 11.7. The molecule has 5 nitrogen and oxygen atoms in total. The zero-order valence-corrected chi connectivity index (χ0v) is 11.5. The maximum Gasteiger partial charge on any atom is 0.237 e. The van der Waals surface area contributed by atoms with Crippen molar-refractivity contribution in [3.05, 3.63) is 29.3 Å². The molecule has 1 fully saturated rings. The smallest absolute Gasteiger partial charge is 0.237 e. The summed E-state index contributed by atoms with van der Waals surface area (Å²) in [6, 6.07) is 5.85. The second-order valence-electron chi connectivity index (χ2n) is 4.79. The van der Waals surface area contributed by atoms with Gasteiger partial charge in [-0.2, -0.15) is 0 Å². The van der Waals surface area contributed by atoms with Crippen LogP contribution in [0.3, 0.4) is 0 Å². The second-order valence-corrected chi connectivity index (χ2v) is 4.79. The Bertz CT molecular complexity index is 462. The van der Waals surface area contributed by atoms with Crippen molar-refractivity contribution in [2.45, 2.75) is 26.1 Å². The number of hydrogen-bond acceptors (Lipinski definition) is 4. The first-order chi connectivity index (χ1) is 9.15. The number of nitrogens with zero attached hydrogens (tertiary/aromatic N) is 1. The van der Waals surface area contributed by atoms with Gasteiger partial charge in [-0.1, -0.05) is 6.07 Å². The van der Waals surface area contributed by atoms with Crippen LogP contribution >= 0.6 is 0 Å². The minimum absolute atomic E-state index is 0.0835. The summed E-state index contributed by atoms with van der Waals surface area (Å²) in [6.07, 6.45) is 0. The standard InChI is InChI=1S/C14H21N3O2/c1-10-14(18)16-5-6-17(10)9-12-7-11(8-15)3-4-13(12)19-2/h3-4,7,10H,5-6,8-9,15H2,1-2H3,(H,16,18). The molecule has 0 saturated carbocycles. The van der Waals surface area contributed by atoms with Gasteiger partial charge >= 0.3 is 0 Å². The molecule has 1 unspecified atom stereocenters. The Morgan fingerprint density at radius 2 is 2.32 bits per heavy atom. The van der Waals surface area contributed by atoms with Crippen LogP contribution in [0.5, 0.6) is 5.75 Å². The molecule has 0 spiro atoms. The molecule has 1 aromatic carbocycles. The number of carbonyl (C=O) groups is 1. The van der Waals surface area contributed by atoms with Gasteiger partial charge in [-0.25, -0.2) is 0 Å². The summed E-state index contributed by atoms with van der Waals surface area (Å²) in [6.45, 7) is 4.68. The molecule has 0 radical (unpaired) electrons. The van der Waals surface area contributed by atoms with Crippen molar-refractivity contribution in [3.63, 3.8) is 0 Å². The highest BCUT2D eigenvalue weighted by atomic mass is 16.5. The lowest BCUT2D eigenvalue weighted by Crippen LogP contribution is -2.53. The number of methoxy groups -OCH3 is 1. The van der Waals surface area contributed by atoms with E-state index >= 15 is 0 Å². The highest BCUT2D eigenvalue weighted by Crippen LogP contribution is 2.22. The average molecular weight is 263 g/mol. The van der Waals surface area contributed by atoms with E-state index in [4.69, 9.17) is 10.5 Å². The number of amides is 1. The van der Waals surface area contributed by atoms with E-state index in [0.29, 0.717) is 19.6 Å². The first-order valence-corrected chi connectivity index (χ1v) is 6.53. The molecule has 1 aliphatic heterocycles. The molecule has 0 aromatic heterocycles. The van der Waals surface area contributed by atoms with Crippen molar-refractivity contribution in [1.82, 2.24) is 10.2 Å². The molecule has 1 saturated heterocycles. The van der Waals surface area contributed by atoms with E-state index in [-0.39, 0.29) is 11.9 Å². The number of hydrogen-bond donors (Lipinski definition) is 2. The molecule has 0 bridgehead atoms. The third-order valence-corrected chi connectivity index (χ3v) is 3.58. The van der Waals surface area contributed by atoms with Crippen LogP contribution in [0.1, 0.15) is 18.1 Å². The van der Waals surface area contributed by atoms with Crippen molar-refractivity contribution in [3.8, 4) is 5.75 Å². The number of rotatable bonds is 4. The topological polar surface area (TPSA) is 67.6 Å². The van der Waals surface area contributed by atoms with E-state index in [1.807, 2.05) is 19.1 Å². The van der Waals surface area contributed by atoms with Crippen molar-refractivity contribution < 1.29 is 9.53 Å². The summed E-state index contributed by atoms with van der Waals surface area (Å²) in [7, 11) is 1.66. The first kappa shape index (κ1) is 13.8. The molecule has 5 heteroatoms. The van der Waals surface area contributed by atoms with Gasteiger partial charge in [0.05, 0.1) is 13.2 Å². The number of nitrogens with two attached hydrogens (primary N) is 1. The fourth-order valence-corrected chi connectivity index (χ4v) is 2.35. The van der Waals surface area contributed by atoms with Gasteiger partial charge < -0.3 is 15.8 Å². The molecule has 0 aliphatic carbocycles. The molecule has 1 aromatic rings. The third kappa shape index (κ3) is 3.05. The number of benzene rings is 1. The Morgan fingerprint density at radius 1 is 1.53 bits per heavy atom. The average Bonchev–Trinajstić information content (AvgIpc) is 2.43. The van der Waals surface area contributed by atoms with Gasteiger partial charge in [0.25, 0.3) is 0 Å². The van der Waals surface area contributed by atoms with Crippen LogP contribution < -0.4 is 15.8 Å². The van der Waals surface area contributed by atoms with E-state index in [9.17, 15) is 4.79 Å². The van der Waals surface area contributed by atoms with Gasteiger partial charge in [0.2, 0.25) is 5.91 Å². The number of carbonyl (C=O) groups excluding carboxylic acids is 1. The highest BCUT2D eigenvalue weighted by molar-refractivity contribution is 5.82. The van der Waals surface area contributed by atoms with Crippen molar-refractivity contribution in [1.29, 1.82) is 0 Å².